The molecule has 0 spiro atoms. The second-order valence-corrected chi connectivity index (χ2v) is 6.86. The molecule has 0 unspecified atom stereocenters. The third-order valence-corrected chi connectivity index (χ3v) is 5.12. The highest BCUT2D eigenvalue weighted by Crippen LogP contribution is 2.38. The Morgan fingerprint density at radius 3 is 2.48 bits per heavy atom. The smallest absolute Gasteiger partial charge is 0.231 e. The van der Waals surface area contributed by atoms with Gasteiger partial charge in [-0.3, -0.25) is 0 Å². The van der Waals surface area contributed by atoms with Crippen LogP contribution in [0.25, 0.3) is 0 Å². The van der Waals surface area contributed by atoms with Crippen molar-refractivity contribution in [3.05, 3.63) is 48.0 Å². The van der Waals surface area contributed by atoms with Crippen LogP contribution in [0.15, 0.2) is 42.5 Å². The number of methoxy groups -OCH3 is 1. The number of benzene rings is 2. The summed E-state index contributed by atoms with van der Waals surface area (Å²) in [7, 11) is 1.63. The largest absolute Gasteiger partial charge is 0.493 e. The third kappa shape index (κ3) is 3.68. The fourth-order valence-corrected chi connectivity index (χ4v) is 3.25. The zero-order valence-corrected chi connectivity index (χ0v) is 15.7. The highest BCUT2D eigenvalue weighted by atomic mass is 16.8. The Labute approximate surface area is 158 Å². The molecule has 2 aliphatic rings. The van der Waals surface area contributed by atoms with Crippen molar-refractivity contribution in [3.63, 3.8) is 0 Å². The number of hydrogen-bond donors (Lipinski definition) is 0. The molecule has 0 aliphatic carbocycles. The van der Waals surface area contributed by atoms with Gasteiger partial charge < -0.3 is 28.4 Å². The lowest BCUT2D eigenvalue weighted by atomic mass is 9.98. The van der Waals surface area contributed by atoms with Crippen molar-refractivity contribution in [1.29, 1.82) is 0 Å². The van der Waals surface area contributed by atoms with Gasteiger partial charge in [-0.05, 0) is 29.8 Å². The summed E-state index contributed by atoms with van der Waals surface area (Å²) in [5.41, 5.74) is 1.01. The average molecular weight is 372 g/mol. The van der Waals surface area contributed by atoms with Crippen LogP contribution in [0.5, 0.6) is 23.0 Å². The Morgan fingerprint density at radius 2 is 1.67 bits per heavy atom. The third-order valence-electron chi connectivity index (χ3n) is 5.12. The number of para-hydroxylation sites is 2. The predicted molar refractivity (Wildman–Crippen MR) is 98.0 cm³/mol. The lowest BCUT2D eigenvalue weighted by molar-refractivity contribution is -0.192. The summed E-state index contributed by atoms with van der Waals surface area (Å²) in [5, 5.41) is 0. The Kier molecular flexibility index (Phi) is 5.09. The molecule has 0 saturated carbocycles. The molecule has 0 amide bonds. The van der Waals surface area contributed by atoms with E-state index in [2.05, 4.69) is 13.8 Å². The molecule has 0 aromatic heterocycles. The van der Waals surface area contributed by atoms with Gasteiger partial charge in [-0.2, -0.15) is 0 Å². The van der Waals surface area contributed by atoms with E-state index in [1.54, 1.807) is 7.11 Å². The van der Waals surface area contributed by atoms with Gasteiger partial charge in [-0.15, -0.1) is 0 Å². The van der Waals surface area contributed by atoms with Crippen molar-refractivity contribution in [2.24, 2.45) is 11.8 Å². The van der Waals surface area contributed by atoms with E-state index in [9.17, 15) is 0 Å². The lowest BCUT2D eigenvalue weighted by Gasteiger charge is -2.19. The first-order valence-corrected chi connectivity index (χ1v) is 9.11. The molecule has 4 rings (SSSR count). The Hall–Kier alpha value is -2.44. The molecule has 0 bridgehead atoms. The number of fused-ring (bicyclic) bond motifs is 1. The van der Waals surface area contributed by atoms with Crippen LogP contribution in [0.3, 0.4) is 0 Å². The van der Waals surface area contributed by atoms with E-state index in [1.807, 2.05) is 42.5 Å². The van der Waals surface area contributed by atoms with Crippen LogP contribution >= 0.6 is 0 Å². The van der Waals surface area contributed by atoms with E-state index in [-0.39, 0.29) is 24.9 Å². The minimum Gasteiger partial charge on any atom is -0.493 e. The molecule has 0 radical (unpaired) electrons. The molecule has 1 fully saturated rings. The molecule has 2 aliphatic heterocycles. The molecule has 27 heavy (non-hydrogen) atoms. The van der Waals surface area contributed by atoms with Gasteiger partial charge in [0.1, 0.15) is 0 Å². The maximum absolute atomic E-state index is 6.06. The maximum Gasteiger partial charge on any atom is 0.231 e. The van der Waals surface area contributed by atoms with E-state index >= 15 is 0 Å². The second kappa shape index (κ2) is 7.66. The van der Waals surface area contributed by atoms with E-state index in [0.29, 0.717) is 18.1 Å². The van der Waals surface area contributed by atoms with Crippen LogP contribution < -0.4 is 18.9 Å². The quantitative estimate of drug-likeness (QED) is 0.765. The SMILES string of the molecule is COc1ccccc1O[C@@H]1O[C@H](OCc2ccc3c(c2)OCO3)[C@@H](C)[C@@H]1C. The molecule has 1 saturated heterocycles. The summed E-state index contributed by atoms with van der Waals surface area (Å²) in [5.74, 6) is 3.24. The Balaban J connectivity index is 1.38. The number of hydrogen-bond acceptors (Lipinski definition) is 6. The predicted octanol–water partition coefficient (Wildman–Crippen LogP) is 3.97. The topological polar surface area (TPSA) is 55.4 Å². The van der Waals surface area contributed by atoms with Crippen molar-refractivity contribution in [1.82, 2.24) is 0 Å². The van der Waals surface area contributed by atoms with Crippen LogP contribution in [0, 0.1) is 11.8 Å². The van der Waals surface area contributed by atoms with Gasteiger partial charge in [0, 0.05) is 11.8 Å². The molecule has 2 aromatic rings. The van der Waals surface area contributed by atoms with Gasteiger partial charge in [0.2, 0.25) is 13.1 Å². The van der Waals surface area contributed by atoms with E-state index in [1.165, 1.54) is 0 Å². The Bertz CT molecular complexity index is 792. The van der Waals surface area contributed by atoms with Gasteiger partial charge in [-0.25, -0.2) is 0 Å². The molecule has 2 heterocycles. The van der Waals surface area contributed by atoms with Crippen molar-refractivity contribution in [3.8, 4) is 23.0 Å². The summed E-state index contributed by atoms with van der Waals surface area (Å²) in [4.78, 5) is 0. The normalized spacial score (nSPS) is 26.2. The van der Waals surface area contributed by atoms with E-state index < -0.39 is 6.29 Å². The van der Waals surface area contributed by atoms with Crippen LogP contribution in [0.1, 0.15) is 19.4 Å². The van der Waals surface area contributed by atoms with Gasteiger partial charge in [0.15, 0.2) is 29.3 Å². The highest BCUT2D eigenvalue weighted by molar-refractivity contribution is 5.44. The first kappa shape index (κ1) is 17.9. The molecule has 2 aromatic carbocycles. The minimum absolute atomic E-state index is 0.177. The zero-order chi connectivity index (χ0) is 18.8. The van der Waals surface area contributed by atoms with E-state index in [4.69, 9.17) is 28.4 Å². The minimum atomic E-state index is -0.391. The van der Waals surface area contributed by atoms with Crippen molar-refractivity contribution >= 4 is 0 Å². The summed E-state index contributed by atoms with van der Waals surface area (Å²) in [6, 6.07) is 13.4. The number of rotatable bonds is 6. The van der Waals surface area contributed by atoms with Crippen LogP contribution in [0.4, 0.5) is 0 Å². The zero-order valence-electron chi connectivity index (χ0n) is 15.7. The van der Waals surface area contributed by atoms with Crippen LogP contribution in [-0.4, -0.2) is 26.5 Å². The van der Waals surface area contributed by atoms with Gasteiger partial charge in [0.25, 0.3) is 0 Å². The summed E-state index contributed by atoms with van der Waals surface area (Å²) >= 11 is 0. The summed E-state index contributed by atoms with van der Waals surface area (Å²) < 4.78 is 34.2. The van der Waals surface area contributed by atoms with Gasteiger partial charge in [-0.1, -0.05) is 32.0 Å². The van der Waals surface area contributed by atoms with Crippen LogP contribution in [0.2, 0.25) is 0 Å². The fourth-order valence-electron chi connectivity index (χ4n) is 3.25. The number of ether oxygens (including phenoxy) is 6. The Morgan fingerprint density at radius 1 is 0.926 bits per heavy atom. The maximum atomic E-state index is 6.06. The summed E-state index contributed by atoms with van der Waals surface area (Å²) in [6.45, 7) is 4.91. The van der Waals surface area contributed by atoms with Crippen LogP contribution in [-0.2, 0) is 16.1 Å². The first-order valence-electron chi connectivity index (χ1n) is 9.11. The molecule has 6 heteroatoms. The second-order valence-electron chi connectivity index (χ2n) is 6.86. The molecule has 4 atom stereocenters. The molecule has 6 nitrogen and oxygen atoms in total. The molecular weight excluding hydrogens is 348 g/mol. The van der Waals surface area contributed by atoms with Crippen molar-refractivity contribution in [2.45, 2.75) is 33.0 Å². The molecule has 0 N–H and O–H groups in total. The summed E-state index contributed by atoms with van der Waals surface area (Å²) in [6.07, 6.45) is -0.733. The average Bonchev–Trinajstić information content (AvgIpc) is 3.26. The van der Waals surface area contributed by atoms with E-state index in [0.717, 1.165) is 17.1 Å². The molecule has 144 valence electrons. The monoisotopic (exact) mass is 372 g/mol. The standard InChI is InChI=1S/C21H24O6/c1-13-14(2)21(26-18-7-5-4-6-16(18)22-3)27-20(13)23-11-15-8-9-17-19(10-15)25-12-24-17/h4-10,13-14,20-21H,11-12H2,1-3H3/t13-,14-,20-,21+/m0/s1. The van der Waals surface area contributed by atoms with Gasteiger partial charge >= 0.3 is 0 Å². The van der Waals surface area contributed by atoms with Crippen molar-refractivity contribution < 1.29 is 28.4 Å². The lowest BCUT2D eigenvalue weighted by Crippen LogP contribution is -2.23. The van der Waals surface area contributed by atoms with Crippen molar-refractivity contribution in [2.75, 3.05) is 13.9 Å². The highest BCUT2D eigenvalue weighted by Gasteiger charge is 2.41. The molecular formula is C21H24O6. The fraction of sp³-hybridized carbons (Fsp3) is 0.429. The first-order chi connectivity index (χ1) is 13.2. The van der Waals surface area contributed by atoms with Gasteiger partial charge in [0.05, 0.1) is 13.7 Å².